The zero-order chi connectivity index (χ0) is 23.5. The summed E-state index contributed by atoms with van der Waals surface area (Å²) in [5, 5.41) is 15.9. The van der Waals surface area contributed by atoms with Crippen molar-refractivity contribution in [3.05, 3.63) is 76.3 Å². The lowest BCUT2D eigenvalue weighted by Crippen LogP contribution is -2.17. The number of amides is 1. The molecule has 8 nitrogen and oxygen atoms in total. The number of aryl methyl sites for hydroxylation is 2. The second kappa shape index (κ2) is 9.25. The Hall–Kier alpha value is -3.98. The summed E-state index contributed by atoms with van der Waals surface area (Å²) in [4.78, 5) is 20.3. The molecule has 0 fully saturated rings. The van der Waals surface area contributed by atoms with Gasteiger partial charge in [0.1, 0.15) is 10.8 Å². The van der Waals surface area contributed by atoms with E-state index >= 15 is 0 Å². The maximum atomic E-state index is 15.0. The van der Waals surface area contributed by atoms with Crippen molar-refractivity contribution in [1.82, 2.24) is 25.5 Å². The van der Waals surface area contributed by atoms with E-state index in [1.54, 1.807) is 37.4 Å². The monoisotopic (exact) mass is 465 g/mol. The molecule has 168 valence electrons. The van der Waals surface area contributed by atoms with Crippen LogP contribution in [0.5, 0.6) is 0 Å². The van der Waals surface area contributed by atoms with Gasteiger partial charge in [-0.15, -0.1) is 0 Å². The van der Waals surface area contributed by atoms with Gasteiger partial charge in [0.2, 0.25) is 5.95 Å². The summed E-state index contributed by atoms with van der Waals surface area (Å²) in [5.74, 6) is 0.561. The van der Waals surface area contributed by atoms with Crippen LogP contribution in [0.15, 0.2) is 48.7 Å². The molecule has 2 aromatic heterocycles. The molecule has 4 rings (SSSR count). The first-order valence-electron chi connectivity index (χ1n) is 10.1. The summed E-state index contributed by atoms with van der Waals surface area (Å²) >= 11 is 6.20. The van der Waals surface area contributed by atoms with Gasteiger partial charge in [0, 0.05) is 35.6 Å². The molecular formula is C23H21ClFN7O. The number of aromatic nitrogens is 4. The van der Waals surface area contributed by atoms with Gasteiger partial charge in [-0.25, -0.2) is 9.37 Å². The highest BCUT2D eigenvalue weighted by atomic mass is 35.5. The predicted molar refractivity (Wildman–Crippen MR) is 127 cm³/mol. The van der Waals surface area contributed by atoms with Gasteiger partial charge in [0.25, 0.3) is 5.91 Å². The third-order valence-electron chi connectivity index (χ3n) is 4.94. The van der Waals surface area contributed by atoms with E-state index < -0.39 is 5.82 Å². The molecule has 4 N–H and O–H groups in total. The van der Waals surface area contributed by atoms with Crippen LogP contribution in [0.2, 0.25) is 5.02 Å². The Bertz CT molecular complexity index is 1320. The third kappa shape index (κ3) is 4.93. The van der Waals surface area contributed by atoms with Crippen LogP contribution in [-0.2, 0) is 0 Å². The number of benzene rings is 2. The average molecular weight is 466 g/mol. The van der Waals surface area contributed by atoms with Crippen molar-refractivity contribution in [1.29, 1.82) is 0 Å². The molecule has 2 heterocycles. The quantitative estimate of drug-likeness (QED) is 0.314. The molecule has 2 aromatic carbocycles. The van der Waals surface area contributed by atoms with Crippen molar-refractivity contribution in [2.45, 2.75) is 13.8 Å². The lowest BCUT2D eigenvalue weighted by Gasteiger charge is -2.13. The Morgan fingerprint density at radius 2 is 1.85 bits per heavy atom. The van der Waals surface area contributed by atoms with Gasteiger partial charge < -0.3 is 16.0 Å². The van der Waals surface area contributed by atoms with Gasteiger partial charge in [0.05, 0.1) is 6.20 Å². The van der Waals surface area contributed by atoms with E-state index in [4.69, 9.17) is 11.6 Å². The lowest BCUT2D eigenvalue weighted by atomic mass is 10.00. The standard InChI is InChI=1S/C23H21ClFN7O/c1-12-8-16(14-4-6-15(7-5-14)22(33)26-3)18(25)10-19(12)28-23-27-11-17(24)21(30-23)29-20-9-13(2)31-32-20/h4-11H,1-3H3,(H,26,33)(H3,27,28,29,30,31,32). The summed E-state index contributed by atoms with van der Waals surface area (Å²) in [6, 6.07) is 11.7. The molecule has 0 bridgehead atoms. The summed E-state index contributed by atoms with van der Waals surface area (Å²) in [6.07, 6.45) is 1.45. The highest BCUT2D eigenvalue weighted by Crippen LogP contribution is 2.31. The molecule has 0 radical (unpaired) electrons. The minimum absolute atomic E-state index is 0.197. The molecule has 0 atom stereocenters. The van der Waals surface area contributed by atoms with E-state index in [-0.39, 0.29) is 11.9 Å². The van der Waals surface area contributed by atoms with Gasteiger partial charge >= 0.3 is 0 Å². The normalized spacial score (nSPS) is 10.7. The maximum absolute atomic E-state index is 15.0. The highest BCUT2D eigenvalue weighted by molar-refractivity contribution is 6.32. The highest BCUT2D eigenvalue weighted by Gasteiger charge is 2.13. The molecular weight excluding hydrogens is 445 g/mol. The number of halogens is 2. The fourth-order valence-corrected chi connectivity index (χ4v) is 3.36. The molecule has 10 heteroatoms. The third-order valence-corrected chi connectivity index (χ3v) is 5.22. The zero-order valence-corrected chi connectivity index (χ0v) is 18.9. The SMILES string of the molecule is CNC(=O)c1ccc(-c2cc(C)c(Nc3ncc(Cl)c(Nc4cc(C)[nH]n4)n3)cc2F)cc1. The Morgan fingerprint density at radius 3 is 2.52 bits per heavy atom. The minimum atomic E-state index is -0.421. The zero-order valence-electron chi connectivity index (χ0n) is 18.1. The number of H-pyrrole nitrogens is 1. The van der Waals surface area contributed by atoms with Crippen LogP contribution >= 0.6 is 11.6 Å². The molecule has 0 saturated heterocycles. The van der Waals surface area contributed by atoms with Crippen LogP contribution in [0.25, 0.3) is 11.1 Å². The predicted octanol–water partition coefficient (Wildman–Crippen LogP) is 5.12. The molecule has 4 aromatic rings. The number of rotatable bonds is 6. The molecule has 0 unspecified atom stereocenters. The summed E-state index contributed by atoms with van der Waals surface area (Å²) in [5.41, 5.74) is 3.79. The van der Waals surface area contributed by atoms with E-state index in [9.17, 15) is 9.18 Å². The van der Waals surface area contributed by atoms with Crippen LogP contribution in [0, 0.1) is 19.7 Å². The van der Waals surface area contributed by atoms with Crippen molar-refractivity contribution in [2.75, 3.05) is 17.7 Å². The number of carbonyl (C=O) groups excluding carboxylic acids is 1. The van der Waals surface area contributed by atoms with Crippen molar-refractivity contribution in [3.63, 3.8) is 0 Å². The molecule has 0 saturated carbocycles. The Kier molecular flexibility index (Phi) is 6.23. The van der Waals surface area contributed by atoms with Crippen LogP contribution in [-0.4, -0.2) is 33.1 Å². The number of hydrogen-bond acceptors (Lipinski definition) is 6. The molecule has 0 aliphatic rings. The van der Waals surface area contributed by atoms with E-state index in [1.165, 1.54) is 12.3 Å². The second-order valence-corrected chi connectivity index (χ2v) is 7.79. The summed E-state index contributed by atoms with van der Waals surface area (Å²) in [7, 11) is 1.56. The Morgan fingerprint density at radius 1 is 1.09 bits per heavy atom. The van der Waals surface area contributed by atoms with Crippen molar-refractivity contribution in [3.8, 4) is 11.1 Å². The molecule has 33 heavy (non-hydrogen) atoms. The lowest BCUT2D eigenvalue weighted by molar-refractivity contribution is 0.0963. The van der Waals surface area contributed by atoms with Gasteiger partial charge in [-0.1, -0.05) is 23.7 Å². The number of anilines is 4. The van der Waals surface area contributed by atoms with E-state index in [1.807, 2.05) is 19.9 Å². The number of nitrogens with zero attached hydrogens (tertiary/aromatic N) is 3. The first-order valence-corrected chi connectivity index (χ1v) is 10.4. The van der Waals surface area contributed by atoms with Crippen LogP contribution < -0.4 is 16.0 Å². The van der Waals surface area contributed by atoms with E-state index in [2.05, 4.69) is 36.1 Å². The van der Waals surface area contributed by atoms with Crippen LogP contribution in [0.3, 0.4) is 0 Å². The topological polar surface area (TPSA) is 108 Å². The van der Waals surface area contributed by atoms with Gasteiger partial charge in [-0.2, -0.15) is 10.1 Å². The summed E-state index contributed by atoms with van der Waals surface area (Å²) in [6.45, 7) is 3.73. The van der Waals surface area contributed by atoms with Crippen LogP contribution in [0.4, 0.5) is 27.7 Å². The molecule has 0 aliphatic carbocycles. The molecule has 1 amide bonds. The van der Waals surface area contributed by atoms with Gasteiger partial charge in [0.15, 0.2) is 11.6 Å². The Labute approximate surface area is 194 Å². The summed E-state index contributed by atoms with van der Waals surface area (Å²) < 4.78 is 15.0. The van der Waals surface area contributed by atoms with Crippen LogP contribution in [0.1, 0.15) is 21.6 Å². The van der Waals surface area contributed by atoms with Crippen molar-refractivity contribution in [2.24, 2.45) is 0 Å². The minimum Gasteiger partial charge on any atom is -0.355 e. The maximum Gasteiger partial charge on any atom is 0.251 e. The van der Waals surface area contributed by atoms with Crippen molar-refractivity contribution >= 4 is 40.8 Å². The largest absolute Gasteiger partial charge is 0.355 e. The first-order chi connectivity index (χ1) is 15.8. The second-order valence-electron chi connectivity index (χ2n) is 7.38. The number of aromatic amines is 1. The molecule has 0 aliphatic heterocycles. The number of carbonyl (C=O) groups is 1. The fourth-order valence-electron chi connectivity index (χ4n) is 3.22. The first kappa shape index (κ1) is 22.2. The average Bonchev–Trinajstić information content (AvgIpc) is 3.22. The number of hydrogen-bond donors (Lipinski definition) is 4. The van der Waals surface area contributed by atoms with E-state index in [0.717, 1.165) is 11.3 Å². The van der Waals surface area contributed by atoms with Crippen molar-refractivity contribution < 1.29 is 9.18 Å². The van der Waals surface area contributed by atoms with Gasteiger partial charge in [-0.05, 0) is 49.2 Å². The number of nitrogens with one attached hydrogen (secondary N) is 4. The fraction of sp³-hybridized carbons (Fsp3) is 0.130. The molecule has 0 spiro atoms. The Balaban J connectivity index is 1.57. The smallest absolute Gasteiger partial charge is 0.251 e. The van der Waals surface area contributed by atoms with Gasteiger partial charge in [-0.3, -0.25) is 9.89 Å². The van der Waals surface area contributed by atoms with E-state index in [0.29, 0.717) is 39.0 Å².